The van der Waals surface area contributed by atoms with Gasteiger partial charge in [0, 0.05) is 12.5 Å². The van der Waals surface area contributed by atoms with Crippen molar-refractivity contribution >= 4 is 34.7 Å². The van der Waals surface area contributed by atoms with Gasteiger partial charge in [-0.3, -0.25) is 0 Å². The lowest BCUT2D eigenvalue weighted by molar-refractivity contribution is -0.148. The van der Waals surface area contributed by atoms with E-state index >= 15 is 0 Å². The van der Waals surface area contributed by atoms with Gasteiger partial charge in [0.15, 0.2) is 0 Å². The lowest BCUT2D eigenvalue weighted by Crippen LogP contribution is -2.55. The highest BCUT2D eigenvalue weighted by molar-refractivity contribution is 14.1. The van der Waals surface area contributed by atoms with E-state index in [0.717, 1.165) is 10.8 Å². The Hall–Kier alpha value is -0.570. The molecule has 1 fully saturated rings. The van der Waals surface area contributed by atoms with E-state index in [9.17, 15) is 9.59 Å². The molecule has 20 heavy (non-hydrogen) atoms. The Kier molecular flexibility index (Phi) is 5.65. The highest BCUT2D eigenvalue weighted by Crippen LogP contribution is 2.31. The SMILES string of the molecule is COC(=O)[C@]1(N)CN(C(=O)OC(C)(C)C)C[C@@H]1CCI. The molecule has 0 aromatic heterocycles. The molecular weight excluding hydrogens is 375 g/mol. The van der Waals surface area contributed by atoms with E-state index in [1.807, 2.05) is 0 Å². The average molecular weight is 398 g/mol. The normalized spacial score (nSPS) is 26.5. The molecule has 116 valence electrons. The fraction of sp³-hybridized carbons (Fsp3) is 0.846. The van der Waals surface area contributed by atoms with E-state index in [0.29, 0.717) is 6.54 Å². The van der Waals surface area contributed by atoms with Crippen molar-refractivity contribution in [2.45, 2.75) is 38.3 Å². The van der Waals surface area contributed by atoms with Crippen LogP contribution >= 0.6 is 22.6 Å². The number of carbonyl (C=O) groups is 2. The molecule has 1 amide bonds. The summed E-state index contributed by atoms with van der Waals surface area (Å²) in [5.74, 6) is -0.585. The number of methoxy groups -OCH3 is 1. The number of amides is 1. The Labute approximate surface area is 133 Å². The van der Waals surface area contributed by atoms with E-state index in [1.54, 1.807) is 20.8 Å². The molecule has 6 nitrogen and oxygen atoms in total. The van der Waals surface area contributed by atoms with Crippen LogP contribution in [0.15, 0.2) is 0 Å². The zero-order valence-corrected chi connectivity index (χ0v) is 14.6. The Balaban J connectivity index is 2.85. The summed E-state index contributed by atoms with van der Waals surface area (Å²) >= 11 is 2.23. The molecule has 1 saturated heterocycles. The Morgan fingerprint density at radius 2 is 2.05 bits per heavy atom. The Morgan fingerprint density at radius 1 is 1.45 bits per heavy atom. The number of nitrogens with zero attached hydrogens (tertiary/aromatic N) is 1. The quantitative estimate of drug-likeness (QED) is 0.443. The third kappa shape index (κ3) is 3.97. The summed E-state index contributed by atoms with van der Waals surface area (Å²) in [6, 6.07) is 0. The van der Waals surface area contributed by atoms with Crippen LogP contribution in [-0.2, 0) is 14.3 Å². The van der Waals surface area contributed by atoms with Gasteiger partial charge in [0.2, 0.25) is 0 Å². The van der Waals surface area contributed by atoms with Gasteiger partial charge < -0.3 is 20.1 Å². The summed E-state index contributed by atoms with van der Waals surface area (Å²) in [6.07, 6.45) is 0.318. The maximum Gasteiger partial charge on any atom is 0.410 e. The van der Waals surface area contributed by atoms with Crippen LogP contribution in [0, 0.1) is 5.92 Å². The van der Waals surface area contributed by atoms with Crippen molar-refractivity contribution in [1.29, 1.82) is 0 Å². The van der Waals surface area contributed by atoms with E-state index in [1.165, 1.54) is 12.0 Å². The first-order valence-corrected chi connectivity index (χ1v) is 8.08. The van der Waals surface area contributed by atoms with Gasteiger partial charge in [-0.05, 0) is 31.6 Å². The monoisotopic (exact) mass is 398 g/mol. The van der Waals surface area contributed by atoms with Gasteiger partial charge in [-0.1, -0.05) is 22.6 Å². The number of halogens is 1. The van der Waals surface area contributed by atoms with Crippen LogP contribution in [0.1, 0.15) is 27.2 Å². The van der Waals surface area contributed by atoms with Gasteiger partial charge in [0.1, 0.15) is 11.1 Å². The van der Waals surface area contributed by atoms with Gasteiger partial charge in [0.25, 0.3) is 0 Å². The van der Waals surface area contributed by atoms with Crippen molar-refractivity contribution in [2.24, 2.45) is 11.7 Å². The zero-order chi connectivity index (χ0) is 15.6. The van der Waals surface area contributed by atoms with Crippen LogP contribution in [0.3, 0.4) is 0 Å². The Morgan fingerprint density at radius 3 is 2.50 bits per heavy atom. The summed E-state index contributed by atoms with van der Waals surface area (Å²) in [4.78, 5) is 25.5. The second kappa shape index (κ2) is 6.46. The van der Waals surface area contributed by atoms with Crippen molar-refractivity contribution < 1.29 is 19.1 Å². The molecule has 0 saturated carbocycles. The average Bonchev–Trinajstić information content (AvgIpc) is 2.66. The molecule has 7 heteroatoms. The maximum atomic E-state index is 12.1. The number of nitrogens with two attached hydrogens (primary N) is 1. The second-order valence-electron chi connectivity index (χ2n) is 6.07. The molecule has 2 atom stereocenters. The fourth-order valence-electron chi connectivity index (χ4n) is 2.31. The molecule has 1 aliphatic heterocycles. The lowest BCUT2D eigenvalue weighted by Gasteiger charge is -2.27. The number of hydrogen-bond acceptors (Lipinski definition) is 5. The highest BCUT2D eigenvalue weighted by atomic mass is 127. The van der Waals surface area contributed by atoms with Crippen LogP contribution < -0.4 is 5.73 Å². The topological polar surface area (TPSA) is 81.9 Å². The van der Waals surface area contributed by atoms with Gasteiger partial charge in [-0.15, -0.1) is 0 Å². The first-order chi connectivity index (χ1) is 9.14. The van der Waals surface area contributed by atoms with Gasteiger partial charge in [-0.2, -0.15) is 0 Å². The van der Waals surface area contributed by atoms with Gasteiger partial charge in [0.05, 0.1) is 13.7 Å². The Bertz CT molecular complexity index is 383. The van der Waals surface area contributed by atoms with Crippen LogP contribution in [0.5, 0.6) is 0 Å². The number of alkyl halides is 1. The van der Waals surface area contributed by atoms with E-state index in [2.05, 4.69) is 22.6 Å². The predicted molar refractivity (Wildman–Crippen MR) is 83.7 cm³/mol. The summed E-state index contributed by atoms with van der Waals surface area (Å²) in [5.41, 5.74) is 4.50. The van der Waals surface area contributed by atoms with E-state index in [4.69, 9.17) is 15.2 Å². The smallest absolute Gasteiger partial charge is 0.410 e. The second-order valence-corrected chi connectivity index (χ2v) is 7.15. The number of likely N-dealkylation sites (tertiary alicyclic amines) is 1. The summed E-state index contributed by atoms with van der Waals surface area (Å²) in [5, 5.41) is 0. The highest BCUT2D eigenvalue weighted by Gasteiger charge is 2.51. The van der Waals surface area contributed by atoms with Crippen molar-refractivity contribution in [2.75, 3.05) is 24.6 Å². The zero-order valence-electron chi connectivity index (χ0n) is 12.4. The summed E-state index contributed by atoms with van der Waals surface area (Å²) in [6.45, 7) is 5.97. The molecule has 0 aliphatic carbocycles. The largest absolute Gasteiger partial charge is 0.468 e. The number of hydrogen-bond donors (Lipinski definition) is 1. The molecule has 0 spiro atoms. The predicted octanol–water partition coefficient (Wildman–Crippen LogP) is 1.55. The maximum absolute atomic E-state index is 12.1. The standard InChI is InChI=1S/C13H23IN2O4/c1-12(2,3)20-11(18)16-7-9(5-6-14)13(15,8-16)10(17)19-4/h9H,5-8,15H2,1-4H3/t9-,13-/m0/s1. The summed E-state index contributed by atoms with van der Waals surface area (Å²) in [7, 11) is 1.31. The summed E-state index contributed by atoms with van der Waals surface area (Å²) < 4.78 is 11.0. The fourth-order valence-corrected chi connectivity index (χ4v) is 3.06. The number of ether oxygens (including phenoxy) is 2. The molecule has 0 aromatic rings. The minimum Gasteiger partial charge on any atom is -0.468 e. The number of rotatable bonds is 3. The van der Waals surface area contributed by atoms with Crippen molar-refractivity contribution in [1.82, 2.24) is 4.90 Å². The molecular formula is C13H23IN2O4. The molecule has 1 aliphatic rings. The minimum absolute atomic E-state index is 0.112. The van der Waals surface area contributed by atoms with Crippen LogP contribution in [0.25, 0.3) is 0 Å². The third-order valence-corrected chi connectivity index (χ3v) is 3.92. The third-order valence-electron chi connectivity index (χ3n) is 3.30. The van der Waals surface area contributed by atoms with Crippen LogP contribution in [0.4, 0.5) is 4.79 Å². The van der Waals surface area contributed by atoms with Crippen molar-refractivity contribution in [3.63, 3.8) is 0 Å². The molecule has 2 N–H and O–H groups in total. The molecule has 0 radical (unpaired) electrons. The number of carbonyl (C=O) groups excluding carboxylic acids is 2. The van der Waals surface area contributed by atoms with Crippen molar-refractivity contribution in [3.8, 4) is 0 Å². The molecule has 0 aromatic carbocycles. The minimum atomic E-state index is -1.14. The van der Waals surface area contributed by atoms with Crippen LogP contribution in [-0.4, -0.2) is 52.7 Å². The molecule has 0 bridgehead atoms. The number of esters is 1. The first kappa shape index (κ1) is 17.5. The van der Waals surface area contributed by atoms with Crippen molar-refractivity contribution in [3.05, 3.63) is 0 Å². The van der Waals surface area contributed by atoms with Crippen LogP contribution in [0.2, 0.25) is 0 Å². The van der Waals surface area contributed by atoms with Gasteiger partial charge >= 0.3 is 12.1 Å². The molecule has 1 rings (SSSR count). The lowest BCUT2D eigenvalue weighted by atomic mass is 9.86. The molecule has 1 heterocycles. The van der Waals surface area contributed by atoms with E-state index < -0.39 is 23.2 Å². The van der Waals surface area contributed by atoms with E-state index in [-0.39, 0.29) is 12.5 Å². The first-order valence-electron chi connectivity index (χ1n) is 6.55. The molecule has 0 unspecified atom stereocenters. The van der Waals surface area contributed by atoms with Gasteiger partial charge in [-0.25, -0.2) is 9.59 Å².